The summed E-state index contributed by atoms with van der Waals surface area (Å²) < 4.78 is 0. The average molecular weight is 446 g/mol. The van der Waals surface area contributed by atoms with E-state index < -0.39 is 11.9 Å². The Hall–Kier alpha value is -0.349. The molecule has 2 N–H and O–H groups in total. The fourth-order valence-corrected chi connectivity index (χ4v) is 3.33. The molecule has 0 aromatic heterocycles. The Morgan fingerprint density at radius 3 is 1.19 bits per heavy atom. The molecule has 0 bridgehead atoms. The first-order valence-electron chi connectivity index (χ1n) is 5.57. The van der Waals surface area contributed by atoms with E-state index in [9.17, 15) is 9.59 Å². The Morgan fingerprint density at radius 2 is 0.952 bits per heavy atom. The number of carbonyl (C=O) groups is 2. The van der Waals surface area contributed by atoms with Gasteiger partial charge in [0.1, 0.15) is 0 Å². The van der Waals surface area contributed by atoms with Gasteiger partial charge in [-0.3, -0.25) is 0 Å². The van der Waals surface area contributed by atoms with Crippen LogP contribution in [-0.2, 0) is 0 Å². The molecule has 4 nitrogen and oxygen atoms in total. The fraction of sp³-hybridized carbons (Fsp3) is 0. The second-order valence-corrected chi connectivity index (χ2v) is 6.10. The molecule has 0 aliphatic rings. The second-order valence-electron chi connectivity index (χ2n) is 3.83. The van der Waals surface area contributed by atoms with Crippen LogP contribution in [0.5, 0.6) is 0 Å². The standard InChI is InChI=1S/C14H10O4S2.Ba.2H/c15-13(16)9-1-5-11(6-2-9)19-20-12-7-3-10(4-8-12)14(17)18;;;/h1-8H,(H,15,16)(H,17,18);;;. The van der Waals surface area contributed by atoms with E-state index in [0.29, 0.717) is 0 Å². The molecule has 0 heterocycles. The van der Waals surface area contributed by atoms with Crippen molar-refractivity contribution in [2.75, 3.05) is 0 Å². The van der Waals surface area contributed by atoms with Gasteiger partial charge in [-0.2, -0.15) is 0 Å². The Balaban J connectivity index is 0.00000220. The number of carboxylic acid groups (broad SMARTS) is 2. The molecule has 7 heteroatoms. The topological polar surface area (TPSA) is 74.6 Å². The molecule has 0 radical (unpaired) electrons. The number of carboxylic acids is 2. The van der Waals surface area contributed by atoms with Crippen LogP contribution in [0.3, 0.4) is 0 Å². The van der Waals surface area contributed by atoms with Crippen LogP contribution in [-0.4, -0.2) is 71.0 Å². The van der Waals surface area contributed by atoms with E-state index in [4.69, 9.17) is 10.2 Å². The molecular weight excluding hydrogens is 434 g/mol. The van der Waals surface area contributed by atoms with Gasteiger partial charge in [-0.1, -0.05) is 21.6 Å². The summed E-state index contributed by atoms with van der Waals surface area (Å²) in [6, 6.07) is 13.2. The maximum atomic E-state index is 10.7. The predicted molar refractivity (Wildman–Crippen MR) is 87.1 cm³/mol. The van der Waals surface area contributed by atoms with E-state index in [0.717, 1.165) is 9.79 Å². The molecule has 0 atom stereocenters. The van der Waals surface area contributed by atoms with E-state index >= 15 is 0 Å². The molecular formula is C14H12BaO4S2. The molecule has 0 aliphatic carbocycles. The van der Waals surface area contributed by atoms with Crippen molar-refractivity contribution in [2.45, 2.75) is 9.79 Å². The van der Waals surface area contributed by atoms with Crippen molar-refractivity contribution in [3.8, 4) is 0 Å². The number of hydrogen-bond acceptors (Lipinski definition) is 4. The first kappa shape index (κ1) is 18.7. The van der Waals surface area contributed by atoms with E-state index in [1.165, 1.54) is 21.6 Å². The van der Waals surface area contributed by atoms with Gasteiger partial charge in [0, 0.05) is 9.79 Å². The summed E-state index contributed by atoms with van der Waals surface area (Å²) in [5.74, 6) is -1.89. The molecule has 0 saturated carbocycles. The molecule has 21 heavy (non-hydrogen) atoms. The predicted octanol–water partition coefficient (Wildman–Crippen LogP) is 2.97. The van der Waals surface area contributed by atoms with Crippen LogP contribution in [0.4, 0.5) is 0 Å². The molecule has 2 rings (SSSR count). The van der Waals surface area contributed by atoms with Crippen molar-refractivity contribution in [3.05, 3.63) is 59.7 Å². The third-order valence-electron chi connectivity index (χ3n) is 2.44. The van der Waals surface area contributed by atoms with Crippen LogP contribution in [0.15, 0.2) is 58.3 Å². The van der Waals surface area contributed by atoms with Crippen LogP contribution >= 0.6 is 21.6 Å². The van der Waals surface area contributed by atoms with Gasteiger partial charge in [0.15, 0.2) is 0 Å². The monoisotopic (exact) mass is 446 g/mol. The van der Waals surface area contributed by atoms with E-state index in [-0.39, 0.29) is 60.0 Å². The summed E-state index contributed by atoms with van der Waals surface area (Å²) in [7, 11) is 2.97. The van der Waals surface area contributed by atoms with Gasteiger partial charge in [0.05, 0.1) is 11.1 Å². The third kappa shape index (κ3) is 5.74. The van der Waals surface area contributed by atoms with E-state index in [2.05, 4.69) is 0 Å². The average Bonchev–Trinajstić information content (AvgIpc) is 2.46. The Kier molecular flexibility index (Phi) is 7.96. The van der Waals surface area contributed by atoms with E-state index in [1.54, 1.807) is 48.5 Å². The summed E-state index contributed by atoms with van der Waals surface area (Å²) in [5.41, 5.74) is 0.510. The van der Waals surface area contributed by atoms with Gasteiger partial charge in [-0.25, -0.2) is 9.59 Å². The van der Waals surface area contributed by atoms with Gasteiger partial charge in [0.25, 0.3) is 0 Å². The molecule has 0 saturated heterocycles. The van der Waals surface area contributed by atoms with E-state index in [1.807, 2.05) is 0 Å². The SMILES string of the molecule is O=C(O)c1ccc(SSc2ccc(C(=O)O)cc2)cc1.[BaH2]. The van der Waals surface area contributed by atoms with Crippen LogP contribution < -0.4 is 0 Å². The number of aromatic carboxylic acids is 2. The van der Waals surface area contributed by atoms with Crippen molar-refractivity contribution < 1.29 is 19.8 Å². The molecule has 2 aromatic rings. The summed E-state index contributed by atoms with van der Waals surface area (Å²) in [6.07, 6.45) is 0. The molecule has 106 valence electrons. The van der Waals surface area contributed by atoms with Crippen LogP contribution in [0.2, 0.25) is 0 Å². The van der Waals surface area contributed by atoms with Crippen molar-refractivity contribution in [2.24, 2.45) is 0 Å². The van der Waals surface area contributed by atoms with Crippen molar-refractivity contribution in [1.82, 2.24) is 0 Å². The molecule has 0 spiro atoms. The van der Waals surface area contributed by atoms with Gasteiger partial charge in [0.2, 0.25) is 0 Å². The zero-order chi connectivity index (χ0) is 14.5. The zero-order valence-corrected chi connectivity index (χ0v) is 11.8. The number of benzene rings is 2. The number of hydrogen-bond donors (Lipinski definition) is 2. The minimum absolute atomic E-state index is 0. The van der Waals surface area contributed by atoms with Crippen molar-refractivity contribution in [1.29, 1.82) is 0 Å². The maximum absolute atomic E-state index is 10.7. The Bertz CT molecular complexity index is 569. The van der Waals surface area contributed by atoms with Crippen LogP contribution in [0.25, 0.3) is 0 Å². The van der Waals surface area contributed by atoms with Crippen molar-refractivity contribution >= 4 is 82.4 Å². The zero-order valence-electron chi connectivity index (χ0n) is 10.1. The summed E-state index contributed by atoms with van der Waals surface area (Å²) in [4.78, 5) is 23.3. The Morgan fingerprint density at radius 1 is 0.667 bits per heavy atom. The molecule has 0 fully saturated rings. The van der Waals surface area contributed by atoms with Gasteiger partial charge in [-0.05, 0) is 48.5 Å². The van der Waals surface area contributed by atoms with Crippen molar-refractivity contribution in [3.63, 3.8) is 0 Å². The molecule has 2 aromatic carbocycles. The molecule has 0 amide bonds. The normalized spacial score (nSPS) is 9.71. The minimum atomic E-state index is -0.946. The van der Waals surface area contributed by atoms with Gasteiger partial charge < -0.3 is 10.2 Å². The first-order valence-corrected chi connectivity index (χ1v) is 7.72. The second kappa shape index (κ2) is 8.94. The van der Waals surface area contributed by atoms with Crippen LogP contribution in [0.1, 0.15) is 20.7 Å². The fourth-order valence-electron chi connectivity index (χ4n) is 1.40. The molecule has 0 unspecified atom stereocenters. The Labute approximate surface area is 169 Å². The van der Waals surface area contributed by atoms with Gasteiger partial charge >= 0.3 is 60.8 Å². The van der Waals surface area contributed by atoms with Crippen LogP contribution in [0, 0.1) is 0 Å². The summed E-state index contributed by atoms with van der Waals surface area (Å²) in [6.45, 7) is 0. The summed E-state index contributed by atoms with van der Waals surface area (Å²) in [5, 5.41) is 17.6. The third-order valence-corrected chi connectivity index (χ3v) is 4.85. The van der Waals surface area contributed by atoms with Gasteiger partial charge in [-0.15, -0.1) is 0 Å². The quantitative estimate of drug-likeness (QED) is 0.544. The number of rotatable bonds is 5. The summed E-state index contributed by atoms with van der Waals surface area (Å²) >= 11 is 0. The first-order chi connectivity index (χ1) is 9.56. The molecule has 0 aliphatic heterocycles.